The van der Waals surface area contributed by atoms with Gasteiger partial charge in [0.2, 0.25) is 0 Å². The van der Waals surface area contributed by atoms with E-state index in [0.717, 1.165) is 17.1 Å². The van der Waals surface area contributed by atoms with Crippen LogP contribution in [0.25, 0.3) is 11.3 Å². The van der Waals surface area contributed by atoms with Gasteiger partial charge in [-0.2, -0.15) is 0 Å². The van der Waals surface area contributed by atoms with E-state index in [9.17, 15) is 4.79 Å². The van der Waals surface area contributed by atoms with Crippen molar-refractivity contribution in [3.05, 3.63) is 51.6 Å². The van der Waals surface area contributed by atoms with Gasteiger partial charge in [-0.1, -0.05) is 58.9 Å². The molecule has 3 heteroatoms. The zero-order chi connectivity index (χ0) is 15.8. The molecule has 0 aliphatic carbocycles. The van der Waals surface area contributed by atoms with Gasteiger partial charge in [-0.25, -0.2) is 4.98 Å². The van der Waals surface area contributed by atoms with Crippen molar-refractivity contribution in [2.24, 2.45) is 0 Å². The number of nitrogens with zero attached hydrogens (tertiary/aromatic N) is 1. The van der Waals surface area contributed by atoms with Crippen LogP contribution in [0.1, 0.15) is 57.5 Å². The average molecular weight is 284 g/mol. The molecule has 2 aromatic rings. The van der Waals surface area contributed by atoms with Gasteiger partial charge in [-0.05, 0) is 17.9 Å². The van der Waals surface area contributed by atoms with Crippen LogP contribution in [0.2, 0.25) is 0 Å². The van der Waals surface area contributed by atoms with E-state index in [1.54, 1.807) is 0 Å². The molecule has 0 fully saturated rings. The minimum absolute atomic E-state index is 0.0522. The minimum atomic E-state index is -0.0522. The lowest BCUT2D eigenvalue weighted by Gasteiger charge is -2.19. The molecule has 21 heavy (non-hydrogen) atoms. The Labute approximate surface area is 126 Å². The summed E-state index contributed by atoms with van der Waals surface area (Å²) in [7, 11) is 0. The number of benzene rings is 1. The first-order chi connectivity index (χ1) is 9.70. The van der Waals surface area contributed by atoms with E-state index in [1.165, 1.54) is 5.56 Å². The summed E-state index contributed by atoms with van der Waals surface area (Å²) in [6.45, 7) is 12.4. The third-order valence-electron chi connectivity index (χ3n) is 3.74. The maximum absolute atomic E-state index is 12.1. The largest absolute Gasteiger partial charge is 0.310 e. The lowest BCUT2D eigenvalue weighted by molar-refractivity contribution is 0.590. The molecule has 0 saturated carbocycles. The first-order valence-electron chi connectivity index (χ1n) is 7.42. The Kier molecular flexibility index (Phi) is 4.04. The van der Waals surface area contributed by atoms with E-state index < -0.39 is 0 Å². The molecule has 0 saturated heterocycles. The molecule has 1 N–H and O–H groups in total. The lowest BCUT2D eigenvalue weighted by Crippen LogP contribution is -2.17. The summed E-state index contributed by atoms with van der Waals surface area (Å²) >= 11 is 0. The van der Waals surface area contributed by atoms with Crippen LogP contribution in [0.3, 0.4) is 0 Å². The molecule has 0 spiro atoms. The zero-order valence-electron chi connectivity index (χ0n) is 13.7. The number of hydrogen-bond donors (Lipinski definition) is 1. The van der Waals surface area contributed by atoms with Gasteiger partial charge in [0, 0.05) is 17.0 Å². The van der Waals surface area contributed by atoms with Crippen molar-refractivity contribution >= 4 is 0 Å². The van der Waals surface area contributed by atoms with Crippen LogP contribution in [0.15, 0.2) is 29.1 Å². The third kappa shape index (κ3) is 3.23. The molecule has 0 amide bonds. The molecular weight excluding hydrogens is 260 g/mol. The molecule has 0 radical (unpaired) electrons. The van der Waals surface area contributed by atoms with Crippen molar-refractivity contribution in [2.75, 3.05) is 0 Å². The number of rotatable bonds is 2. The smallest absolute Gasteiger partial charge is 0.254 e. The average Bonchev–Trinajstić information content (AvgIpc) is 2.40. The Morgan fingerprint density at radius 3 is 2.14 bits per heavy atom. The van der Waals surface area contributed by atoms with Crippen LogP contribution in [-0.4, -0.2) is 9.97 Å². The lowest BCUT2D eigenvalue weighted by atomic mass is 9.86. The fourth-order valence-corrected chi connectivity index (χ4v) is 2.23. The maximum Gasteiger partial charge on any atom is 0.254 e. The Morgan fingerprint density at radius 2 is 1.67 bits per heavy atom. The highest BCUT2D eigenvalue weighted by molar-refractivity contribution is 5.63. The summed E-state index contributed by atoms with van der Waals surface area (Å²) in [5.74, 6) is 0.936. The molecule has 1 heterocycles. The van der Waals surface area contributed by atoms with E-state index in [2.05, 4.69) is 55.0 Å². The highest BCUT2D eigenvalue weighted by atomic mass is 16.1. The standard InChI is InChI=1S/C18H24N2O/c1-11(2)16-19-15(12(3)17(21)20-16)13-7-9-14(10-8-13)18(4,5)6/h7-11H,1-6H3,(H,19,20,21). The number of aromatic amines is 1. The van der Waals surface area contributed by atoms with Gasteiger partial charge in [-0.15, -0.1) is 0 Å². The summed E-state index contributed by atoms with van der Waals surface area (Å²) in [5.41, 5.74) is 3.79. The number of H-pyrrole nitrogens is 1. The van der Waals surface area contributed by atoms with Crippen molar-refractivity contribution in [3.63, 3.8) is 0 Å². The molecule has 0 unspecified atom stereocenters. The minimum Gasteiger partial charge on any atom is -0.310 e. The van der Waals surface area contributed by atoms with Gasteiger partial charge in [0.15, 0.2) is 0 Å². The summed E-state index contributed by atoms with van der Waals surface area (Å²) < 4.78 is 0. The summed E-state index contributed by atoms with van der Waals surface area (Å²) in [6.07, 6.45) is 0. The molecule has 0 aliphatic rings. The predicted molar refractivity (Wildman–Crippen MR) is 87.8 cm³/mol. The molecule has 3 nitrogen and oxygen atoms in total. The third-order valence-corrected chi connectivity index (χ3v) is 3.74. The monoisotopic (exact) mass is 284 g/mol. The van der Waals surface area contributed by atoms with E-state index in [4.69, 9.17) is 0 Å². The second-order valence-corrected chi connectivity index (χ2v) is 6.91. The van der Waals surface area contributed by atoms with Gasteiger partial charge in [0.1, 0.15) is 5.82 Å². The van der Waals surface area contributed by atoms with Crippen molar-refractivity contribution < 1.29 is 0 Å². The van der Waals surface area contributed by atoms with Crippen LogP contribution in [0.5, 0.6) is 0 Å². The second-order valence-electron chi connectivity index (χ2n) is 6.91. The van der Waals surface area contributed by atoms with Crippen molar-refractivity contribution in [1.82, 2.24) is 9.97 Å². The van der Waals surface area contributed by atoms with Crippen molar-refractivity contribution in [2.45, 2.75) is 52.9 Å². The van der Waals surface area contributed by atoms with E-state index in [0.29, 0.717) is 5.56 Å². The molecule has 2 rings (SSSR count). The summed E-state index contributed by atoms with van der Waals surface area (Å²) in [6, 6.07) is 8.35. The second kappa shape index (κ2) is 5.47. The fraction of sp³-hybridized carbons (Fsp3) is 0.444. The fourth-order valence-electron chi connectivity index (χ4n) is 2.23. The number of nitrogens with one attached hydrogen (secondary N) is 1. The molecule has 112 valence electrons. The first kappa shape index (κ1) is 15.5. The topological polar surface area (TPSA) is 45.8 Å². The van der Waals surface area contributed by atoms with Crippen LogP contribution < -0.4 is 5.56 Å². The van der Waals surface area contributed by atoms with Crippen LogP contribution in [-0.2, 0) is 5.41 Å². The summed E-state index contributed by atoms with van der Waals surface area (Å²) in [4.78, 5) is 19.6. The Hall–Kier alpha value is -1.90. The predicted octanol–water partition coefficient (Wildman–Crippen LogP) is 4.17. The molecule has 0 bridgehead atoms. The van der Waals surface area contributed by atoms with Gasteiger partial charge < -0.3 is 4.98 Å². The molecule has 0 atom stereocenters. The van der Waals surface area contributed by atoms with E-state index >= 15 is 0 Å². The normalized spacial score (nSPS) is 12.0. The molecular formula is C18H24N2O. The van der Waals surface area contributed by atoms with Crippen molar-refractivity contribution in [3.8, 4) is 11.3 Å². The van der Waals surface area contributed by atoms with E-state index in [-0.39, 0.29) is 16.9 Å². The first-order valence-corrected chi connectivity index (χ1v) is 7.42. The molecule has 0 aliphatic heterocycles. The highest BCUT2D eigenvalue weighted by Gasteiger charge is 2.15. The van der Waals surface area contributed by atoms with Crippen LogP contribution in [0.4, 0.5) is 0 Å². The Balaban J connectivity index is 2.54. The number of hydrogen-bond acceptors (Lipinski definition) is 2. The maximum atomic E-state index is 12.1. The summed E-state index contributed by atoms with van der Waals surface area (Å²) in [5, 5.41) is 0. The number of aromatic nitrogens is 2. The van der Waals surface area contributed by atoms with E-state index in [1.807, 2.05) is 20.8 Å². The Morgan fingerprint density at radius 1 is 1.10 bits per heavy atom. The quantitative estimate of drug-likeness (QED) is 0.899. The van der Waals surface area contributed by atoms with Gasteiger partial charge in [0.05, 0.1) is 5.69 Å². The molecule has 1 aromatic heterocycles. The van der Waals surface area contributed by atoms with Crippen LogP contribution >= 0.6 is 0 Å². The Bertz CT molecular complexity index is 689. The zero-order valence-corrected chi connectivity index (χ0v) is 13.7. The van der Waals surface area contributed by atoms with Crippen molar-refractivity contribution in [1.29, 1.82) is 0 Å². The van der Waals surface area contributed by atoms with Crippen LogP contribution in [0, 0.1) is 6.92 Å². The van der Waals surface area contributed by atoms with Gasteiger partial charge in [-0.3, -0.25) is 4.79 Å². The highest BCUT2D eigenvalue weighted by Crippen LogP contribution is 2.26. The van der Waals surface area contributed by atoms with Gasteiger partial charge >= 0.3 is 0 Å². The molecule has 1 aromatic carbocycles. The van der Waals surface area contributed by atoms with Gasteiger partial charge in [0.25, 0.3) is 5.56 Å². The SMILES string of the molecule is Cc1c(-c2ccc(C(C)(C)C)cc2)nc(C(C)C)[nH]c1=O.